The van der Waals surface area contributed by atoms with Crippen LogP contribution in [0.25, 0.3) is 0 Å². The van der Waals surface area contributed by atoms with Crippen LogP contribution in [0.1, 0.15) is 23.7 Å². The third-order valence-electron chi connectivity index (χ3n) is 2.00. The molecule has 0 saturated carbocycles. The van der Waals surface area contributed by atoms with Crippen LogP contribution in [-0.4, -0.2) is 19.7 Å². The molecule has 0 atom stereocenters. The topological polar surface area (TPSA) is 61.5 Å². The van der Waals surface area contributed by atoms with Crippen LogP contribution in [0.5, 0.6) is 5.75 Å². The second kappa shape index (κ2) is 5.61. The smallest absolute Gasteiger partial charge is 0.340 e. The minimum absolute atomic E-state index is 0.212. The zero-order valence-electron chi connectivity index (χ0n) is 9.25. The Morgan fingerprint density at radius 2 is 2.19 bits per heavy atom. The first-order chi connectivity index (χ1) is 7.60. The number of anilines is 1. The summed E-state index contributed by atoms with van der Waals surface area (Å²) in [5.74, 6) is -0.0113. The first kappa shape index (κ1) is 12.6. The van der Waals surface area contributed by atoms with E-state index in [1.165, 1.54) is 13.2 Å². The van der Waals surface area contributed by atoms with Gasteiger partial charge in [-0.05, 0) is 12.5 Å². The molecule has 1 rings (SSSR count). The molecule has 1 aromatic carbocycles. The lowest BCUT2D eigenvalue weighted by Gasteiger charge is -2.09. The van der Waals surface area contributed by atoms with Gasteiger partial charge >= 0.3 is 5.97 Å². The minimum atomic E-state index is -0.486. The fraction of sp³-hybridized carbons (Fsp3) is 0.364. The number of hydrogen-bond acceptors (Lipinski definition) is 4. The van der Waals surface area contributed by atoms with Gasteiger partial charge in [-0.15, -0.1) is 0 Å². The highest BCUT2D eigenvalue weighted by atomic mass is 35.5. The van der Waals surface area contributed by atoms with Gasteiger partial charge in [0.15, 0.2) is 0 Å². The number of hydrogen-bond donors (Lipinski definition) is 1. The maximum Gasteiger partial charge on any atom is 0.340 e. The molecule has 2 N–H and O–H groups in total. The Labute approximate surface area is 99.3 Å². The maximum atomic E-state index is 11.6. The quantitative estimate of drug-likeness (QED) is 0.652. The summed E-state index contributed by atoms with van der Waals surface area (Å²) in [7, 11) is 1.49. The summed E-state index contributed by atoms with van der Waals surface area (Å²) >= 11 is 5.86. The molecule has 0 saturated heterocycles. The van der Waals surface area contributed by atoms with E-state index in [0.29, 0.717) is 12.4 Å². The van der Waals surface area contributed by atoms with E-state index in [0.717, 1.165) is 6.42 Å². The average Bonchev–Trinajstić information content (AvgIpc) is 2.29. The minimum Gasteiger partial charge on any atom is -0.497 e. The Balaban J connectivity index is 3.02. The van der Waals surface area contributed by atoms with Crippen LogP contribution in [0.3, 0.4) is 0 Å². The van der Waals surface area contributed by atoms with E-state index in [4.69, 9.17) is 26.8 Å². The number of halogens is 1. The highest BCUT2D eigenvalue weighted by molar-refractivity contribution is 6.34. The number of benzene rings is 1. The molecule has 0 aliphatic carbocycles. The molecule has 0 fully saturated rings. The zero-order valence-corrected chi connectivity index (χ0v) is 10.0. The van der Waals surface area contributed by atoms with Gasteiger partial charge in [0.05, 0.1) is 30.0 Å². The van der Waals surface area contributed by atoms with Crippen LogP contribution in [0.2, 0.25) is 5.02 Å². The predicted molar refractivity (Wildman–Crippen MR) is 63.0 cm³/mol. The number of ether oxygens (including phenoxy) is 2. The molecule has 0 heterocycles. The van der Waals surface area contributed by atoms with Crippen molar-refractivity contribution in [1.82, 2.24) is 0 Å². The van der Waals surface area contributed by atoms with Crippen molar-refractivity contribution >= 4 is 23.3 Å². The molecule has 1 aromatic rings. The van der Waals surface area contributed by atoms with Crippen LogP contribution >= 0.6 is 11.6 Å². The van der Waals surface area contributed by atoms with Gasteiger partial charge in [0, 0.05) is 6.07 Å². The summed E-state index contributed by atoms with van der Waals surface area (Å²) in [6.45, 7) is 2.27. The molecule has 0 aromatic heterocycles. The highest BCUT2D eigenvalue weighted by Crippen LogP contribution is 2.29. The second-order valence-electron chi connectivity index (χ2n) is 3.21. The molecule has 0 amide bonds. The fourth-order valence-electron chi connectivity index (χ4n) is 1.15. The van der Waals surface area contributed by atoms with Crippen LogP contribution < -0.4 is 10.5 Å². The molecule has 0 unspecified atom stereocenters. The number of rotatable bonds is 4. The Morgan fingerprint density at radius 3 is 2.75 bits per heavy atom. The van der Waals surface area contributed by atoms with Crippen LogP contribution in [-0.2, 0) is 4.74 Å². The van der Waals surface area contributed by atoms with Crippen molar-refractivity contribution in [3.63, 3.8) is 0 Å². The van der Waals surface area contributed by atoms with Gasteiger partial charge in [0.25, 0.3) is 0 Å². The largest absolute Gasteiger partial charge is 0.497 e. The standard InChI is InChI=1S/C11H14ClNO3/c1-3-4-16-11(14)8-5-7(15-2)6-9(12)10(8)13/h5-6H,3-4,13H2,1-2H3. The number of carbonyl (C=O) groups is 1. The van der Waals surface area contributed by atoms with Crippen molar-refractivity contribution < 1.29 is 14.3 Å². The van der Waals surface area contributed by atoms with Gasteiger partial charge < -0.3 is 15.2 Å². The molecule has 4 nitrogen and oxygen atoms in total. The number of carbonyl (C=O) groups excluding carboxylic acids is 1. The molecule has 88 valence electrons. The SMILES string of the molecule is CCCOC(=O)c1cc(OC)cc(Cl)c1N. The van der Waals surface area contributed by atoms with Gasteiger partial charge in [-0.3, -0.25) is 0 Å². The van der Waals surface area contributed by atoms with Crippen molar-refractivity contribution in [2.24, 2.45) is 0 Å². The Bertz CT molecular complexity index is 393. The average molecular weight is 244 g/mol. The maximum absolute atomic E-state index is 11.6. The number of esters is 1. The lowest BCUT2D eigenvalue weighted by atomic mass is 10.1. The molecular formula is C11H14ClNO3. The molecular weight excluding hydrogens is 230 g/mol. The van der Waals surface area contributed by atoms with Crippen LogP contribution in [0.15, 0.2) is 12.1 Å². The van der Waals surface area contributed by atoms with Gasteiger partial charge in [-0.1, -0.05) is 18.5 Å². The Kier molecular flexibility index (Phi) is 4.43. The van der Waals surface area contributed by atoms with Crippen LogP contribution in [0, 0.1) is 0 Å². The number of nitrogens with two attached hydrogens (primary N) is 1. The third-order valence-corrected chi connectivity index (χ3v) is 2.31. The number of nitrogen functional groups attached to an aromatic ring is 1. The lowest BCUT2D eigenvalue weighted by Crippen LogP contribution is -2.09. The third kappa shape index (κ3) is 2.79. The zero-order chi connectivity index (χ0) is 12.1. The highest BCUT2D eigenvalue weighted by Gasteiger charge is 2.15. The van der Waals surface area contributed by atoms with Gasteiger partial charge in [0.1, 0.15) is 5.75 Å². The van der Waals surface area contributed by atoms with Crippen LogP contribution in [0.4, 0.5) is 5.69 Å². The Morgan fingerprint density at radius 1 is 1.50 bits per heavy atom. The summed E-state index contributed by atoms with van der Waals surface area (Å²) < 4.78 is 9.98. The molecule has 16 heavy (non-hydrogen) atoms. The van der Waals surface area contributed by atoms with Gasteiger partial charge in [-0.25, -0.2) is 4.79 Å². The normalized spacial score (nSPS) is 9.94. The molecule has 0 bridgehead atoms. The summed E-state index contributed by atoms with van der Waals surface area (Å²) in [4.78, 5) is 11.6. The van der Waals surface area contributed by atoms with E-state index >= 15 is 0 Å². The predicted octanol–water partition coefficient (Wildman–Crippen LogP) is 2.50. The van der Waals surface area contributed by atoms with E-state index < -0.39 is 5.97 Å². The second-order valence-corrected chi connectivity index (χ2v) is 3.61. The lowest BCUT2D eigenvalue weighted by molar-refractivity contribution is 0.0506. The Hall–Kier alpha value is -1.42. The van der Waals surface area contributed by atoms with Gasteiger partial charge in [-0.2, -0.15) is 0 Å². The van der Waals surface area contributed by atoms with E-state index in [-0.39, 0.29) is 16.3 Å². The molecule has 0 aliphatic heterocycles. The molecule has 5 heteroatoms. The summed E-state index contributed by atoms with van der Waals surface area (Å²) in [5, 5.41) is 0.280. The summed E-state index contributed by atoms with van der Waals surface area (Å²) in [6.07, 6.45) is 0.753. The van der Waals surface area contributed by atoms with E-state index in [1.54, 1.807) is 6.07 Å². The first-order valence-electron chi connectivity index (χ1n) is 4.90. The number of methoxy groups -OCH3 is 1. The van der Waals surface area contributed by atoms with Crippen molar-refractivity contribution in [3.8, 4) is 5.75 Å². The van der Waals surface area contributed by atoms with E-state index in [1.807, 2.05) is 6.92 Å². The monoisotopic (exact) mass is 243 g/mol. The fourth-order valence-corrected chi connectivity index (χ4v) is 1.36. The van der Waals surface area contributed by atoms with E-state index in [2.05, 4.69) is 0 Å². The molecule has 0 spiro atoms. The van der Waals surface area contributed by atoms with Crippen molar-refractivity contribution in [2.75, 3.05) is 19.5 Å². The molecule has 0 aliphatic rings. The summed E-state index contributed by atoms with van der Waals surface area (Å²) in [5.41, 5.74) is 6.14. The van der Waals surface area contributed by atoms with E-state index in [9.17, 15) is 4.79 Å². The van der Waals surface area contributed by atoms with Crippen molar-refractivity contribution in [3.05, 3.63) is 22.7 Å². The molecule has 0 radical (unpaired) electrons. The van der Waals surface area contributed by atoms with Crippen molar-refractivity contribution in [2.45, 2.75) is 13.3 Å². The van der Waals surface area contributed by atoms with Gasteiger partial charge in [0.2, 0.25) is 0 Å². The van der Waals surface area contributed by atoms with Crippen molar-refractivity contribution in [1.29, 1.82) is 0 Å². The first-order valence-corrected chi connectivity index (χ1v) is 5.28. The summed E-state index contributed by atoms with van der Waals surface area (Å²) in [6, 6.07) is 3.06.